The standard InChI is InChI=1S/C25H19F7N2O/c26-20-11-18(10-19(12-20)25(30,31)32)23(34-22(35)16-6-7-16,13-15-4-2-1-3-5-15)21-9-8-17(14-33-21)24(27,28)29/h1-5,8-12,14,16H,6-7,13H2,(H,34,35). The molecule has 3 aromatic rings. The van der Waals surface area contributed by atoms with Crippen LogP contribution in [0.5, 0.6) is 0 Å². The Morgan fingerprint density at radius 3 is 2.03 bits per heavy atom. The van der Waals surface area contributed by atoms with Crippen LogP contribution in [-0.4, -0.2) is 10.9 Å². The van der Waals surface area contributed by atoms with Crippen LogP contribution in [0.15, 0.2) is 66.9 Å². The van der Waals surface area contributed by atoms with E-state index in [1.165, 1.54) is 0 Å². The molecule has 0 radical (unpaired) electrons. The molecule has 1 unspecified atom stereocenters. The maximum Gasteiger partial charge on any atom is 0.417 e. The van der Waals surface area contributed by atoms with Crippen molar-refractivity contribution in [1.82, 2.24) is 10.3 Å². The molecular weight excluding hydrogens is 477 g/mol. The Kier molecular flexibility index (Phi) is 6.33. The first-order valence-electron chi connectivity index (χ1n) is 10.7. The summed E-state index contributed by atoms with van der Waals surface area (Å²) in [6.07, 6.45) is -8.11. The van der Waals surface area contributed by atoms with Crippen LogP contribution in [0, 0.1) is 11.7 Å². The van der Waals surface area contributed by atoms with Crippen LogP contribution < -0.4 is 5.32 Å². The maximum atomic E-state index is 14.5. The third-order valence-corrected chi connectivity index (χ3v) is 5.84. The number of nitrogens with one attached hydrogen (secondary N) is 1. The summed E-state index contributed by atoms with van der Waals surface area (Å²) < 4.78 is 94.6. The predicted octanol–water partition coefficient (Wildman–Crippen LogP) is 6.27. The number of carbonyl (C=O) groups is 1. The van der Waals surface area contributed by atoms with Gasteiger partial charge in [0.25, 0.3) is 0 Å². The van der Waals surface area contributed by atoms with Gasteiger partial charge in [0, 0.05) is 18.5 Å². The van der Waals surface area contributed by atoms with E-state index in [9.17, 15) is 35.5 Å². The molecule has 4 rings (SSSR count). The fourth-order valence-electron chi connectivity index (χ4n) is 3.89. The van der Waals surface area contributed by atoms with Gasteiger partial charge in [-0.2, -0.15) is 26.3 Å². The number of amides is 1. The first-order chi connectivity index (χ1) is 16.4. The van der Waals surface area contributed by atoms with Crippen LogP contribution in [0.3, 0.4) is 0 Å². The molecule has 3 nitrogen and oxygen atoms in total. The molecule has 2 aromatic carbocycles. The average Bonchev–Trinajstić information content (AvgIpc) is 3.63. The summed E-state index contributed by atoms with van der Waals surface area (Å²) in [6, 6.07) is 11.9. The molecule has 1 heterocycles. The minimum atomic E-state index is -4.90. The van der Waals surface area contributed by atoms with Gasteiger partial charge in [-0.3, -0.25) is 9.78 Å². The molecule has 1 aliphatic rings. The minimum absolute atomic E-state index is 0.151. The van der Waals surface area contributed by atoms with Gasteiger partial charge in [0.1, 0.15) is 11.4 Å². The van der Waals surface area contributed by atoms with E-state index in [1.54, 1.807) is 30.3 Å². The Morgan fingerprint density at radius 2 is 1.49 bits per heavy atom. The highest BCUT2D eigenvalue weighted by Crippen LogP contribution is 2.40. The Hall–Kier alpha value is -3.43. The number of halogens is 7. The number of benzene rings is 2. The molecular formula is C25H19F7N2O. The molecule has 1 aromatic heterocycles. The second-order valence-electron chi connectivity index (χ2n) is 8.49. The summed E-state index contributed by atoms with van der Waals surface area (Å²) in [5, 5.41) is 2.72. The Labute approximate surface area is 196 Å². The number of nitrogens with zero attached hydrogens (tertiary/aromatic N) is 1. The van der Waals surface area contributed by atoms with Crippen LogP contribution in [0.1, 0.15) is 40.8 Å². The predicted molar refractivity (Wildman–Crippen MR) is 112 cm³/mol. The Morgan fingerprint density at radius 1 is 0.857 bits per heavy atom. The van der Waals surface area contributed by atoms with Crippen molar-refractivity contribution in [3.63, 3.8) is 0 Å². The van der Waals surface area contributed by atoms with Gasteiger partial charge < -0.3 is 5.32 Å². The van der Waals surface area contributed by atoms with E-state index in [-0.39, 0.29) is 17.7 Å². The molecule has 1 fully saturated rings. The normalized spacial score (nSPS) is 16.0. The van der Waals surface area contributed by atoms with Crippen molar-refractivity contribution in [1.29, 1.82) is 0 Å². The lowest BCUT2D eigenvalue weighted by atomic mass is 9.79. The first kappa shape index (κ1) is 24.7. The van der Waals surface area contributed by atoms with Crippen LogP contribution in [0.4, 0.5) is 30.7 Å². The van der Waals surface area contributed by atoms with Crippen molar-refractivity contribution in [3.8, 4) is 0 Å². The highest BCUT2D eigenvalue weighted by molar-refractivity contribution is 5.82. The van der Waals surface area contributed by atoms with E-state index < -0.39 is 46.7 Å². The monoisotopic (exact) mass is 496 g/mol. The number of alkyl halides is 6. The van der Waals surface area contributed by atoms with Gasteiger partial charge in [-0.05, 0) is 54.3 Å². The summed E-state index contributed by atoms with van der Waals surface area (Å²) in [4.78, 5) is 16.8. The molecule has 35 heavy (non-hydrogen) atoms. The van der Waals surface area contributed by atoms with E-state index in [0.29, 0.717) is 36.7 Å². The van der Waals surface area contributed by atoms with Crippen molar-refractivity contribution >= 4 is 5.91 Å². The molecule has 1 saturated carbocycles. The van der Waals surface area contributed by atoms with Crippen molar-refractivity contribution in [2.24, 2.45) is 5.92 Å². The van der Waals surface area contributed by atoms with Crippen LogP contribution in [0.2, 0.25) is 0 Å². The molecule has 184 valence electrons. The fourth-order valence-corrected chi connectivity index (χ4v) is 3.89. The van der Waals surface area contributed by atoms with Crippen molar-refractivity contribution in [2.75, 3.05) is 0 Å². The highest BCUT2D eigenvalue weighted by atomic mass is 19.4. The lowest BCUT2D eigenvalue weighted by Crippen LogP contribution is -2.50. The van der Waals surface area contributed by atoms with E-state index in [1.807, 2.05) is 0 Å². The second-order valence-corrected chi connectivity index (χ2v) is 8.49. The zero-order valence-corrected chi connectivity index (χ0v) is 18.1. The van der Waals surface area contributed by atoms with Crippen LogP contribution >= 0.6 is 0 Å². The first-order valence-corrected chi connectivity index (χ1v) is 10.7. The zero-order chi connectivity index (χ0) is 25.4. The van der Waals surface area contributed by atoms with Crippen molar-refractivity contribution in [2.45, 2.75) is 37.2 Å². The molecule has 1 atom stereocenters. The van der Waals surface area contributed by atoms with Gasteiger partial charge in [0.15, 0.2) is 0 Å². The van der Waals surface area contributed by atoms with Crippen LogP contribution in [-0.2, 0) is 29.1 Å². The lowest BCUT2D eigenvalue weighted by Gasteiger charge is -2.36. The quantitative estimate of drug-likeness (QED) is 0.409. The second kappa shape index (κ2) is 8.98. The lowest BCUT2D eigenvalue weighted by molar-refractivity contribution is -0.138. The van der Waals surface area contributed by atoms with Crippen LogP contribution in [0.25, 0.3) is 0 Å². The molecule has 0 bridgehead atoms. The zero-order valence-electron chi connectivity index (χ0n) is 18.1. The van der Waals surface area contributed by atoms with Gasteiger partial charge in [-0.25, -0.2) is 4.39 Å². The number of aromatic nitrogens is 1. The van der Waals surface area contributed by atoms with Crippen molar-refractivity contribution in [3.05, 3.63) is 101 Å². The molecule has 1 amide bonds. The van der Waals surface area contributed by atoms with Gasteiger partial charge in [0.05, 0.1) is 16.8 Å². The summed E-state index contributed by atoms with van der Waals surface area (Å²) in [5.74, 6) is -2.10. The summed E-state index contributed by atoms with van der Waals surface area (Å²) in [7, 11) is 0. The summed E-state index contributed by atoms with van der Waals surface area (Å²) in [5.41, 5.74) is -4.12. The summed E-state index contributed by atoms with van der Waals surface area (Å²) >= 11 is 0. The van der Waals surface area contributed by atoms with E-state index in [0.717, 1.165) is 18.2 Å². The number of hydrogen-bond donors (Lipinski definition) is 1. The van der Waals surface area contributed by atoms with Crippen molar-refractivity contribution < 1.29 is 35.5 Å². The number of carbonyl (C=O) groups excluding carboxylic acids is 1. The topological polar surface area (TPSA) is 42.0 Å². The minimum Gasteiger partial charge on any atom is -0.340 e. The van der Waals surface area contributed by atoms with Gasteiger partial charge >= 0.3 is 12.4 Å². The molecule has 0 aliphatic heterocycles. The third kappa shape index (κ3) is 5.47. The molecule has 10 heteroatoms. The number of rotatable bonds is 6. The largest absolute Gasteiger partial charge is 0.417 e. The Balaban J connectivity index is 1.96. The highest BCUT2D eigenvalue weighted by Gasteiger charge is 2.44. The SMILES string of the molecule is O=C(NC(Cc1ccccc1)(c1cc(F)cc(C(F)(F)F)c1)c1ccc(C(F)(F)F)cn1)C1CC1. The van der Waals surface area contributed by atoms with Gasteiger partial charge in [-0.1, -0.05) is 30.3 Å². The fraction of sp³-hybridized carbons (Fsp3) is 0.280. The smallest absolute Gasteiger partial charge is 0.340 e. The molecule has 1 N–H and O–H groups in total. The van der Waals surface area contributed by atoms with E-state index in [2.05, 4.69) is 10.3 Å². The van der Waals surface area contributed by atoms with E-state index in [4.69, 9.17) is 0 Å². The average molecular weight is 496 g/mol. The number of pyridine rings is 1. The number of hydrogen-bond acceptors (Lipinski definition) is 2. The third-order valence-electron chi connectivity index (χ3n) is 5.84. The maximum absolute atomic E-state index is 14.5. The summed E-state index contributed by atoms with van der Waals surface area (Å²) in [6.45, 7) is 0. The van der Waals surface area contributed by atoms with Gasteiger partial charge in [0.2, 0.25) is 5.91 Å². The van der Waals surface area contributed by atoms with E-state index >= 15 is 0 Å². The van der Waals surface area contributed by atoms with Gasteiger partial charge in [-0.15, -0.1) is 0 Å². The Bertz CT molecular complexity index is 1200. The molecule has 0 saturated heterocycles. The molecule has 1 aliphatic carbocycles. The molecule has 0 spiro atoms.